The molecule has 3 rings (SSSR count). The van der Waals surface area contributed by atoms with E-state index < -0.39 is 0 Å². The van der Waals surface area contributed by atoms with Crippen LogP contribution in [-0.2, 0) is 19.6 Å². The third-order valence-corrected chi connectivity index (χ3v) is 3.14. The van der Waals surface area contributed by atoms with Gasteiger partial charge < -0.3 is 9.88 Å². The Balaban J connectivity index is 1.66. The van der Waals surface area contributed by atoms with E-state index in [4.69, 9.17) is 0 Å². The average Bonchev–Trinajstić information content (AvgIpc) is 3.17. The van der Waals surface area contributed by atoms with Crippen molar-refractivity contribution in [2.75, 3.05) is 0 Å². The summed E-state index contributed by atoms with van der Waals surface area (Å²) in [6.45, 7) is 4.09. The number of benzene rings is 1. The first-order valence-corrected chi connectivity index (χ1v) is 6.78. The van der Waals surface area contributed by atoms with Gasteiger partial charge in [0.15, 0.2) is 5.82 Å². The number of hydrogen-bond donors (Lipinski definition) is 1. The molecule has 0 spiro atoms. The summed E-state index contributed by atoms with van der Waals surface area (Å²) in [5.41, 5.74) is 0.941. The number of tetrazole rings is 1. The second-order valence-electron chi connectivity index (χ2n) is 4.48. The summed E-state index contributed by atoms with van der Waals surface area (Å²) in [7, 11) is 0. The van der Waals surface area contributed by atoms with Crippen LogP contribution < -0.4 is 5.32 Å². The number of hydrogen-bond acceptors (Lipinski definition) is 6. The van der Waals surface area contributed by atoms with Crippen molar-refractivity contribution in [2.45, 2.75) is 26.6 Å². The molecule has 0 saturated carbocycles. The van der Waals surface area contributed by atoms with Gasteiger partial charge in [-0.1, -0.05) is 18.2 Å². The lowest BCUT2D eigenvalue weighted by Crippen LogP contribution is -2.19. The van der Waals surface area contributed by atoms with E-state index in [-0.39, 0.29) is 0 Å². The summed E-state index contributed by atoms with van der Waals surface area (Å²) in [5.74, 6) is 1.65. The molecule has 8 heteroatoms. The molecule has 0 aliphatic carbocycles. The van der Waals surface area contributed by atoms with Gasteiger partial charge in [0.2, 0.25) is 0 Å². The molecule has 3 aromatic rings. The summed E-state index contributed by atoms with van der Waals surface area (Å²) < 4.78 is 3.71. The minimum Gasteiger partial charge on any atom is -0.317 e. The molecule has 21 heavy (non-hydrogen) atoms. The van der Waals surface area contributed by atoms with Crippen LogP contribution in [0, 0.1) is 0 Å². The first kappa shape index (κ1) is 13.4. The average molecular weight is 284 g/mol. The van der Waals surface area contributed by atoms with Crippen LogP contribution in [0.5, 0.6) is 0 Å². The summed E-state index contributed by atoms with van der Waals surface area (Å²) >= 11 is 0. The Morgan fingerprint density at radius 3 is 2.67 bits per heavy atom. The molecule has 0 radical (unpaired) electrons. The van der Waals surface area contributed by atoms with E-state index in [0.29, 0.717) is 13.1 Å². The first-order valence-electron chi connectivity index (χ1n) is 6.78. The van der Waals surface area contributed by atoms with Crippen LogP contribution in [0.15, 0.2) is 36.7 Å². The van der Waals surface area contributed by atoms with Crippen LogP contribution in [-0.4, -0.2) is 35.0 Å². The second kappa shape index (κ2) is 6.23. The van der Waals surface area contributed by atoms with E-state index in [1.165, 1.54) is 0 Å². The Bertz CT molecular complexity index is 687. The van der Waals surface area contributed by atoms with E-state index in [1.54, 1.807) is 11.0 Å². The van der Waals surface area contributed by atoms with Gasteiger partial charge in [0.25, 0.3) is 0 Å². The van der Waals surface area contributed by atoms with Crippen molar-refractivity contribution in [3.8, 4) is 5.69 Å². The number of nitrogens with one attached hydrogen (secondary N) is 1. The predicted molar refractivity (Wildman–Crippen MR) is 75.4 cm³/mol. The summed E-state index contributed by atoms with van der Waals surface area (Å²) in [5, 5.41) is 23.1. The van der Waals surface area contributed by atoms with Crippen LogP contribution in [0.3, 0.4) is 0 Å². The molecule has 0 amide bonds. The van der Waals surface area contributed by atoms with Gasteiger partial charge in [0.1, 0.15) is 12.2 Å². The van der Waals surface area contributed by atoms with Crippen molar-refractivity contribution in [2.24, 2.45) is 0 Å². The Morgan fingerprint density at radius 2 is 1.86 bits per heavy atom. The number of para-hydroxylation sites is 1. The highest BCUT2D eigenvalue weighted by Gasteiger charge is 2.08. The zero-order chi connectivity index (χ0) is 14.5. The topological polar surface area (TPSA) is 86.3 Å². The molecule has 8 nitrogen and oxygen atoms in total. The van der Waals surface area contributed by atoms with Gasteiger partial charge in [0.05, 0.1) is 18.8 Å². The Kier molecular flexibility index (Phi) is 3.97. The van der Waals surface area contributed by atoms with Crippen molar-refractivity contribution < 1.29 is 0 Å². The zero-order valence-corrected chi connectivity index (χ0v) is 11.7. The maximum atomic E-state index is 4.08. The molecule has 108 valence electrons. The van der Waals surface area contributed by atoms with E-state index in [1.807, 2.05) is 34.9 Å². The molecule has 1 aromatic carbocycles. The molecule has 2 heterocycles. The lowest BCUT2D eigenvalue weighted by molar-refractivity contribution is 0.590. The van der Waals surface area contributed by atoms with Crippen molar-refractivity contribution >= 4 is 0 Å². The van der Waals surface area contributed by atoms with Gasteiger partial charge >= 0.3 is 0 Å². The van der Waals surface area contributed by atoms with E-state index in [2.05, 4.69) is 38.0 Å². The maximum absolute atomic E-state index is 4.08. The van der Waals surface area contributed by atoms with Crippen molar-refractivity contribution in [3.05, 3.63) is 48.3 Å². The monoisotopic (exact) mass is 284 g/mol. The molecule has 1 N–H and O–H groups in total. The second-order valence-corrected chi connectivity index (χ2v) is 4.48. The molecule has 0 aliphatic rings. The van der Waals surface area contributed by atoms with Gasteiger partial charge in [-0.25, -0.2) is 0 Å². The third-order valence-electron chi connectivity index (χ3n) is 3.14. The lowest BCUT2D eigenvalue weighted by atomic mass is 10.3. The summed E-state index contributed by atoms with van der Waals surface area (Å²) in [6, 6.07) is 9.81. The summed E-state index contributed by atoms with van der Waals surface area (Å²) in [6.07, 6.45) is 1.73. The fourth-order valence-electron chi connectivity index (χ4n) is 2.05. The number of aromatic nitrogens is 7. The summed E-state index contributed by atoms with van der Waals surface area (Å²) in [4.78, 5) is 0. The van der Waals surface area contributed by atoms with Crippen molar-refractivity contribution in [1.82, 2.24) is 40.3 Å². The molecule has 0 fully saturated rings. The van der Waals surface area contributed by atoms with Crippen LogP contribution in [0.25, 0.3) is 5.69 Å². The largest absolute Gasteiger partial charge is 0.317 e. The van der Waals surface area contributed by atoms with Gasteiger partial charge in [-0.3, -0.25) is 0 Å². The minimum atomic E-state index is 0.554. The Hall–Kier alpha value is -2.61. The highest BCUT2D eigenvalue weighted by atomic mass is 15.5. The number of nitrogens with zero attached hydrogens (tertiary/aromatic N) is 7. The van der Waals surface area contributed by atoms with E-state index >= 15 is 0 Å². The van der Waals surface area contributed by atoms with Gasteiger partial charge in [-0.15, -0.1) is 15.3 Å². The highest BCUT2D eigenvalue weighted by molar-refractivity contribution is 5.30. The maximum Gasteiger partial charge on any atom is 0.170 e. The third kappa shape index (κ3) is 2.95. The van der Waals surface area contributed by atoms with Crippen LogP contribution >= 0.6 is 0 Å². The van der Waals surface area contributed by atoms with E-state index in [9.17, 15) is 0 Å². The standard InChI is InChI=1S/C13H16N8/c1-2-20-10-15-16-12(20)8-14-9-13-17-18-19-21(13)11-6-4-3-5-7-11/h3-7,10,14H,2,8-9H2,1H3. The van der Waals surface area contributed by atoms with Crippen molar-refractivity contribution in [1.29, 1.82) is 0 Å². The van der Waals surface area contributed by atoms with Crippen LogP contribution in [0.1, 0.15) is 18.6 Å². The minimum absolute atomic E-state index is 0.554. The highest BCUT2D eigenvalue weighted by Crippen LogP contribution is 2.06. The molecule has 2 aromatic heterocycles. The SMILES string of the molecule is CCn1cnnc1CNCc1nnnn1-c1ccccc1. The zero-order valence-electron chi connectivity index (χ0n) is 11.7. The Labute approximate surface area is 121 Å². The van der Waals surface area contributed by atoms with Crippen LogP contribution in [0.2, 0.25) is 0 Å². The van der Waals surface area contributed by atoms with Crippen molar-refractivity contribution in [3.63, 3.8) is 0 Å². The number of rotatable bonds is 6. The molecule has 0 bridgehead atoms. The van der Waals surface area contributed by atoms with Crippen LogP contribution in [0.4, 0.5) is 0 Å². The number of aryl methyl sites for hydroxylation is 1. The molecular weight excluding hydrogens is 268 g/mol. The molecule has 0 unspecified atom stereocenters. The molecule has 0 atom stereocenters. The van der Waals surface area contributed by atoms with Gasteiger partial charge in [0, 0.05) is 6.54 Å². The fraction of sp³-hybridized carbons (Fsp3) is 0.308. The first-order chi connectivity index (χ1) is 10.4. The van der Waals surface area contributed by atoms with E-state index in [0.717, 1.165) is 23.9 Å². The smallest absolute Gasteiger partial charge is 0.170 e. The molecule has 0 saturated heterocycles. The van der Waals surface area contributed by atoms with Gasteiger partial charge in [-0.05, 0) is 29.5 Å². The molecular formula is C13H16N8. The predicted octanol–water partition coefficient (Wildman–Crippen LogP) is 0.563. The lowest BCUT2D eigenvalue weighted by Gasteiger charge is -2.06. The quantitative estimate of drug-likeness (QED) is 0.712. The Morgan fingerprint density at radius 1 is 1.05 bits per heavy atom. The van der Waals surface area contributed by atoms with Gasteiger partial charge in [-0.2, -0.15) is 4.68 Å². The molecule has 0 aliphatic heterocycles. The fourth-order valence-corrected chi connectivity index (χ4v) is 2.05. The normalized spacial score (nSPS) is 10.9.